The van der Waals surface area contributed by atoms with Gasteiger partial charge in [-0.1, -0.05) is 36.4 Å². The topological polar surface area (TPSA) is 41.6 Å². The minimum atomic E-state index is 0.217. The monoisotopic (exact) mass is 324 g/mol. The van der Waals surface area contributed by atoms with Crippen molar-refractivity contribution in [2.24, 2.45) is 0 Å². The first-order valence-electron chi connectivity index (χ1n) is 8.47. The van der Waals surface area contributed by atoms with Crippen LogP contribution in [0.1, 0.15) is 16.8 Å². The van der Waals surface area contributed by atoms with Crippen LogP contribution < -0.4 is 10.1 Å². The van der Waals surface area contributed by atoms with E-state index in [2.05, 4.69) is 10.2 Å². The number of carbonyl (C=O) groups is 1. The Morgan fingerprint density at radius 3 is 2.17 bits per heavy atom. The molecule has 1 N–H and O–H groups in total. The SMILES string of the molecule is COc1ccc(-c2ccc(C(=O)CCN3CCNCC3)cc2)cc1. The van der Waals surface area contributed by atoms with E-state index in [1.165, 1.54) is 0 Å². The first-order valence-corrected chi connectivity index (χ1v) is 8.47. The Hall–Kier alpha value is -2.17. The van der Waals surface area contributed by atoms with Crippen LogP contribution >= 0.6 is 0 Å². The molecule has 2 aromatic carbocycles. The van der Waals surface area contributed by atoms with Gasteiger partial charge in [-0.15, -0.1) is 0 Å². The number of benzene rings is 2. The third kappa shape index (κ3) is 4.22. The number of carbonyl (C=O) groups excluding carboxylic acids is 1. The van der Waals surface area contributed by atoms with E-state index >= 15 is 0 Å². The molecule has 1 aliphatic heterocycles. The number of hydrogen-bond acceptors (Lipinski definition) is 4. The predicted molar refractivity (Wildman–Crippen MR) is 96.7 cm³/mol. The highest BCUT2D eigenvalue weighted by molar-refractivity contribution is 5.96. The molecule has 0 unspecified atom stereocenters. The molecule has 0 aliphatic carbocycles. The van der Waals surface area contributed by atoms with Gasteiger partial charge < -0.3 is 15.0 Å². The van der Waals surface area contributed by atoms with E-state index < -0.39 is 0 Å². The molecule has 1 saturated heterocycles. The molecule has 0 bridgehead atoms. The van der Waals surface area contributed by atoms with Gasteiger partial charge in [-0.3, -0.25) is 4.79 Å². The normalized spacial score (nSPS) is 15.2. The molecule has 0 saturated carbocycles. The van der Waals surface area contributed by atoms with Crippen molar-refractivity contribution in [3.63, 3.8) is 0 Å². The number of rotatable bonds is 6. The van der Waals surface area contributed by atoms with Crippen LogP contribution in [0.25, 0.3) is 11.1 Å². The van der Waals surface area contributed by atoms with Gasteiger partial charge in [0.15, 0.2) is 5.78 Å². The zero-order chi connectivity index (χ0) is 16.8. The number of piperazine rings is 1. The van der Waals surface area contributed by atoms with E-state index in [0.29, 0.717) is 6.42 Å². The number of ether oxygens (including phenoxy) is 1. The second-order valence-electron chi connectivity index (χ2n) is 6.07. The van der Waals surface area contributed by atoms with Crippen LogP contribution in [0.15, 0.2) is 48.5 Å². The fraction of sp³-hybridized carbons (Fsp3) is 0.350. The quantitative estimate of drug-likeness (QED) is 0.830. The summed E-state index contributed by atoms with van der Waals surface area (Å²) in [5, 5.41) is 3.33. The smallest absolute Gasteiger partial charge is 0.164 e. The number of ketones is 1. The van der Waals surface area contributed by atoms with Gasteiger partial charge in [-0.05, 0) is 23.3 Å². The van der Waals surface area contributed by atoms with Crippen LogP contribution in [0.5, 0.6) is 5.75 Å². The maximum absolute atomic E-state index is 12.4. The van der Waals surface area contributed by atoms with E-state index in [1.807, 2.05) is 48.5 Å². The molecule has 126 valence electrons. The number of nitrogens with one attached hydrogen (secondary N) is 1. The maximum atomic E-state index is 12.4. The molecule has 4 heteroatoms. The lowest BCUT2D eigenvalue weighted by atomic mass is 10.0. The summed E-state index contributed by atoms with van der Waals surface area (Å²) >= 11 is 0. The van der Waals surface area contributed by atoms with E-state index in [9.17, 15) is 4.79 Å². The Labute approximate surface area is 143 Å². The highest BCUT2D eigenvalue weighted by Gasteiger charge is 2.12. The van der Waals surface area contributed by atoms with Gasteiger partial charge >= 0.3 is 0 Å². The molecule has 4 nitrogen and oxygen atoms in total. The molecule has 2 aromatic rings. The number of Topliss-reactive ketones (excluding diaryl/α,β-unsaturated/α-hetero) is 1. The highest BCUT2D eigenvalue weighted by atomic mass is 16.5. The molecule has 1 heterocycles. The van der Waals surface area contributed by atoms with Crippen molar-refractivity contribution >= 4 is 5.78 Å². The predicted octanol–water partition coefficient (Wildman–Crippen LogP) is 2.84. The highest BCUT2D eigenvalue weighted by Crippen LogP contribution is 2.23. The van der Waals surface area contributed by atoms with Gasteiger partial charge in [-0.2, -0.15) is 0 Å². The molecule has 0 spiro atoms. The second kappa shape index (κ2) is 8.08. The van der Waals surface area contributed by atoms with Gasteiger partial charge in [-0.25, -0.2) is 0 Å². The van der Waals surface area contributed by atoms with Gasteiger partial charge in [0.25, 0.3) is 0 Å². The molecule has 0 aromatic heterocycles. The van der Waals surface area contributed by atoms with Crippen molar-refractivity contribution in [2.75, 3.05) is 39.8 Å². The van der Waals surface area contributed by atoms with Crippen molar-refractivity contribution in [2.45, 2.75) is 6.42 Å². The molecule has 1 aliphatic rings. The lowest BCUT2D eigenvalue weighted by Gasteiger charge is -2.26. The Morgan fingerprint density at radius 1 is 1.00 bits per heavy atom. The fourth-order valence-corrected chi connectivity index (χ4v) is 2.97. The maximum Gasteiger partial charge on any atom is 0.164 e. The summed E-state index contributed by atoms with van der Waals surface area (Å²) in [6.45, 7) is 4.95. The Balaban J connectivity index is 1.59. The minimum absolute atomic E-state index is 0.217. The van der Waals surface area contributed by atoms with Crippen molar-refractivity contribution in [1.29, 1.82) is 0 Å². The first-order chi connectivity index (χ1) is 11.8. The van der Waals surface area contributed by atoms with Crippen molar-refractivity contribution in [3.05, 3.63) is 54.1 Å². The first kappa shape index (κ1) is 16.7. The van der Waals surface area contributed by atoms with Gasteiger partial charge in [0.2, 0.25) is 0 Å². The van der Waals surface area contributed by atoms with E-state index in [-0.39, 0.29) is 5.78 Å². The van der Waals surface area contributed by atoms with Crippen LogP contribution in [0.2, 0.25) is 0 Å². The average molecular weight is 324 g/mol. The molecule has 24 heavy (non-hydrogen) atoms. The lowest BCUT2D eigenvalue weighted by molar-refractivity contribution is 0.0960. The molecular weight excluding hydrogens is 300 g/mol. The molecule has 3 rings (SSSR count). The lowest BCUT2D eigenvalue weighted by Crippen LogP contribution is -2.44. The van der Waals surface area contributed by atoms with Gasteiger partial charge in [0, 0.05) is 44.7 Å². The van der Waals surface area contributed by atoms with Crippen molar-refractivity contribution in [1.82, 2.24) is 10.2 Å². The van der Waals surface area contributed by atoms with Crippen LogP contribution in [0.3, 0.4) is 0 Å². The summed E-state index contributed by atoms with van der Waals surface area (Å²) < 4.78 is 5.18. The standard InChI is InChI=1S/C20H24N2O2/c1-24-19-8-6-17(7-9-19)16-2-4-18(5-3-16)20(23)10-13-22-14-11-21-12-15-22/h2-9,21H,10-15H2,1H3. The van der Waals surface area contributed by atoms with Crippen LogP contribution in [0.4, 0.5) is 0 Å². The summed E-state index contributed by atoms with van der Waals surface area (Å²) in [5.41, 5.74) is 3.02. The summed E-state index contributed by atoms with van der Waals surface area (Å²) in [4.78, 5) is 14.7. The number of methoxy groups -OCH3 is 1. The number of nitrogens with zero attached hydrogens (tertiary/aromatic N) is 1. The van der Waals surface area contributed by atoms with Crippen LogP contribution in [0, 0.1) is 0 Å². The zero-order valence-corrected chi connectivity index (χ0v) is 14.1. The summed E-state index contributed by atoms with van der Waals surface area (Å²) in [5.74, 6) is 1.06. The molecule has 0 amide bonds. The summed E-state index contributed by atoms with van der Waals surface area (Å²) in [6.07, 6.45) is 0.585. The van der Waals surface area contributed by atoms with Crippen molar-refractivity contribution < 1.29 is 9.53 Å². The van der Waals surface area contributed by atoms with Crippen LogP contribution in [-0.2, 0) is 0 Å². The fourth-order valence-electron chi connectivity index (χ4n) is 2.97. The molecule has 1 fully saturated rings. The summed E-state index contributed by atoms with van der Waals surface area (Å²) in [7, 11) is 1.66. The third-order valence-corrected chi connectivity index (χ3v) is 4.49. The molecule has 0 radical (unpaired) electrons. The summed E-state index contributed by atoms with van der Waals surface area (Å²) in [6, 6.07) is 15.8. The minimum Gasteiger partial charge on any atom is -0.497 e. The van der Waals surface area contributed by atoms with E-state index in [0.717, 1.165) is 55.2 Å². The Bertz CT molecular complexity index is 659. The van der Waals surface area contributed by atoms with Gasteiger partial charge in [0.05, 0.1) is 7.11 Å². The molecule has 0 atom stereocenters. The van der Waals surface area contributed by atoms with E-state index in [1.54, 1.807) is 7.11 Å². The van der Waals surface area contributed by atoms with E-state index in [4.69, 9.17) is 4.74 Å². The van der Waals surface area contributed by atoms with Gasteiger partial charge in [0.1, 0.15) is 5.75 Å². The Kier molecular flexibility index (Phi) is 5.62. The largest absolute Gasteiger partial charge is 0.497 e. The second-order valence-corrected chi connectivity index (χ2v) is 6.07. The van der Waals surface area contributed by atoms with Crippen LogP contribution in [-0.4, -0.2) is 50.5 Å². The molecular formula is C20H24N2O2. The zero-order valence-electron chi connectivity index (χ0n) is 14.1. The van der Waals surface area contributed by atoms with Crippen molar-refractivity contribution in [3.8, 4) is 16.9 Å². The third-order valence-electron chi connectivity index (χ3n) is 4.49. The average Bonchev–Trinajstić information content (AvgIpc) is 2.67. The Morgan fingerprint density at radius 2 is 1.58 bits per heavy atom. The number of hydrogen-bond donors (Lipinski definition) is 1.